The summed E-state index contributed by atoms with van der Waals surface area (Å²) in [4.78, 5) is 12.7. The van der Waals surface area contributed by atoms with Crippen molar-refractivity contribution in [2.45, 2.75) is 53.9 Å². The minimum absolute atomic E-state index is 0.197. The smallest absolute Gasteiger partial charge is 0.207 e. The van der Waals surface area contributed by atoms with Crippen molar-refractivity contribution in [3.05, 3.63) is 72.3 Å². The number of nitrogens with one attached hydrogen (secondary N) is 1. The number of methoxy groups -OCH3 is 2. The predicted octanol–water partition coefficient (Wildman–Crippen LogP) is 5.71. The molecule has 2 aromatic rings. The standard InChI is InChI=1S/C21H36N4O3.C7H8.C2H6/c1-18-15-23-25(16-18)21(14-19(2)20(3)28-5)8-11-24(12-13-27-4)10-7-6-9-22-17-26;1-7-5-3-2-4-6-7;1-2/h8,15-17,19H,3,6-7,9-14H2,1-2,4-5H3,(H,22,26);2-6H,1H3;1-2H3/b21-8-;;. The molecule has 1 N–H and O–H groups in total. The average Bonchev–Trinajstić information content (AvgIpc) is 3.36. The number of unbranched alkanes of at least 4 members (excludes halogenated alkanes) is 1. The summed E-state index contributed by atoms with van der Waals surface area (Å²) in [5, 5.41) is 7.19. The van der Waals surface area contributed by atoms with Crippen molar-refractivity contribution < 1.29 is 14.3 Å². The Balaban J connectivity index is 0.00000121. The highest BCUT2D eigenvalue weighted by atomic mass is 16.5. The van der Waals surface area contributed by atoms with Crippen LogP contribution in [-0.4, -0.2) is 68.1 Å². The summed E-state index contributed by atoms with van der Waals surface area (Å²) < 4.78 is 12.5. The molecule has 0 aliphatic carbocycles. The second-order valence-corrected chi connectivity index (χ2v) is 8.66. The number of carbonyl (C=O) groups is 1. The van der Waals surface area contributed by atoms with E-state index in [1.807, 2.05) is 56.0 Å². The van der Waals surface area contributed by atoms with Gasteiger partial charge < -0.3 is 14.8 Å². The third-order valence-corrected chi connectivity index (χ3v) is 5.60. The van der Waals surface area contributed by atoms with E-state index >= 15 is 0 Å². The highest BCUT2D eigenvalue weighted by Gasteiger charge is 2.13. The Morgan fingerprint density at radius 3 is 2.35 bits per heavy atom. The zero-order valence-electron chi connectivity index (χ0n) is 24.2. The van der Waals surface area contributed by atoms with Gasteiger partial charge in [-0.3, -0.25) is 9.69 Å². The summed E-state index contributed by atoms with van der Waals surface area (Å²) in [7, 11) is 3.38. The molecule has 0 saturated carbocycles. The Bertz CT molecular complexity index is 865. The highest BCUT2D eigenvalue weighted by Crippen LogP contribution is 2.22. The number of ether oxygens (including phenoxy) is 2. The lowest BCUT2D eigenvalue weighted by Crippen LogP contribution is -2.29. The molecular formula is C30H50N4O3. The molecule has 1 heterocycles. The zero-order valence-corrected chi connectivity index (χ0v) is 24.2. The molecule has 7 nitrogen and oxygen atoms in total. The van der Waals surface area contributed by atoms with Crippen molar-refractivity contribution in [3.63, 3.8) is 0 Å². The van der Waals surface area contributed by atoms with Gasteiger partial charge in [0.25, 0.3) is 0 Å². The number of aromatic nitrogens is 2. The summed E-state index contributed by atoms with van der Waals surface area (Å²) in [6.45, 7) is 18.2. The number of carbonyl (C=O) groups excluding carboxylic acids is 1. The SMILES string of the molecule is C=C(OC)C(C)C/C(=C/CN(CCCCNC=O)CCOC)n1cc(C)cn1.CC.Cc1ccccc1. The summed E-state index contributed by atoms with van der Waals surface area (Å²) in [6, 6.07) is 10.3. The molecule has 0 spiro atoms. The maximum absolute atomic E-state index is 10.3. The first-order valence-electron chi connectivity index (χ1n) is 13.2. The summed E-state index contributed by atoms with van der Waals surface area (Å²) in [5.74, 6) is 0.969. The lowest BCUT2D eigenvalue weighted by molar-refractivity contribution is -0.109. The van der Waals surface area contributed by atoms with E-state index < -0.39 is 0 Å². The maximum atomic E-state index is 10.3. The van der Waals surface area contributed by atoms with E-state index in [2.05, 4.69) is 54.0 Å². The molecule has 0 fully saturated rings. The topological polar surface area (TPSA) is 68.6 Å². The first-order valence-corrected chi connectivity index (χ1v) is 13.2. The van der Waals surface area contributed by atoms with Gasteiger partial charge in [-0.2, -0.15) is 5.10 Å². The lowest BCUT2D eigenvalue weighted by atomic mass is 10.0. The molecule has 2 rings (SSSR count). The van der Waals surface area contributed by atoms with Gasteiger partial charge >= 0.3 is 0 Å². The van der Waals surface area contributed by atoms with E-state index in [4.69, 9.17) is 9.47 Å². The van der Waals surface area contributed by atoms with Gasteiger partial charge in [-0.1, -0.05) is 63.2 Å². The van der Waals surface area contributed by atoms with E-state index in [-0.39, 0.29) is 5.92 Å². The minimum Gasteiger partial charge on any atom is -0.501 e. The first kappa shape index (κ1) is 34.1. The molecule has 37 heavy (non-hydrogen) atoms. The number of allylic oxidation sites excluding steroid dienone is 2. The molecule has 0 bridgehead atoms. The predicted molar refractivity (Wildman–Crippen MR) is 155 cm³/mol. The van der Waals surface area contributed by atoms with Crippen LogP contribution in [0.1, 0.15) is 51.2 Å². The van der Waals surface area contributed by atoms with Gasteiger partial charge in [0.1, 0.15) is 0 Å². The molecule has 0 saturated heterocycles. The van der Waals surface area contributed by atoms with Crippen LogP contribution < -0.4 is 5.32 Å². The normalized spacial score (nSPS) is 11.5. The Labute approximate surface area is 225 Å². The molecule has 0 radical (unpaired) electrons. The number of aryl methyl sites for hydroxylation is 2. The molecule has 1 aromatic carbocycles. The lowest BCUT2D eigenvalue weighted by Gasteiger charge is -2.22. The Kier molecular flexibility index (Phi) is 20.6. The van der Waals surface area contributed by atoms with E-state index in [0.717, 1.165) is 62.3 Å². The Morgan fingerprint density at radius 1 is 1.14 bits per heavy atom. The number of hydrogen-bond donors (Lipinski definition) is 1. The molecular weight excluding hydrogens is 464 g/mol. The van der Waals surface area contributed by atoms with Gasteiger partial charge in [0.2, 0.25) is 6.41 Å². The van der Waals surface area contributed by atoms with Crippen LogP contribution in [0.3, 0.4) is 0 Å². The average molecular weight is 515 g/mol. The van der Waals surface area contributed by atoms with Crippen molar-refractivity contribution >= 4 is 12.1 Å². The third kappa shape index (κ3) is 16.5. The van der Waals surface area contributed by atoms with Crippen molar-refractivity contribution in [1.82, 2.24) is 20.0 Å². The van der Waals surface area contributed by atoms with Crippen molar-refractivity contribution in [2.75, 3.05) is 47.0 Å². The van der Waals surface area contributed by atoms with Gasteiger partial charge in [0, 0.05) is 44.6 Å². The van der Waals surface area contributed by atoms with Gasteiger partial charge in [-0.25, -0.2) is 4.68 Å². The molecule has 7 heteroatoms. The molecule has 1 atom stereocenters. The van der Waals surface area contributed by atoms with Gasteiger partial charge in [-0.05, 0) is 51.3 Å². The maximum Gasteiger partial charge on any atom is 0.207 e. The van der Waals surface area contributed by atoms with Crippen LogP contribution in [0, 0.1) is 19.8 Å². The molecule has 1 amide bonds. The zero-order chi connectivity index (χ0) is 27.9. The van der Waals surface area contributed by atoms with Crippen LogP contribution >= 0.6 is 0 Å². The number of amides is 1. The summed E-state index contributed by atoms with van der Waals surface area (Å²) in [5.41, 5.74) is 3.58. The second kappa shape index (κ2) is 22.3. The second-order valence-electron chi connectivity index (χ2n) is 8.66. The van der Waals surface area contributed by atoms with Crippen molar-refractivity contribution in [1.29, 1.82) is 0 Å². The highest BCUT2D eigenvalue weighted by molar-refractivity contribution is 5.46. The number of rotatable bonds is 16. The van der Waals surface area contributed by atoms with E-state index in [1.165, 1.54) is 5.56 Å². The van der Waals surface area contributed by atoms with Crippen LogP contribution in [0.25, 0.3) is 5.70 Å². The van der Waals surface area contributed by atoms with Crippen molar-refractivity contribution in [3.8, 4) is 0 Å². The largest absolute Gasteiger partial charge is 0.501 e. The molecule has 208 valence electrons. The monoisotopic (exact) mass is 514 g/mol. The fourth-order valence-electron chi connectivity index (χ4n) is 3.37. The quantitative estimate of drug-likeness (QED) is 0.176. The van der Waals surface area contributed by atoms with Crippen LogP contribution in [0.15, 0.2) is 61.1 Å². The molecule has 0 aliphatic rings. The fourth-order valence-corrected chi connectivity index (χ4v) is 3.37. The number of benzene rings is 1. The van der Waals surface area contributed by atoms with E-state index in [1.54, 1.807) is 14.2 Å². The first-order chi connectivity index (χ1) is 17.9. The van der Waals surface area contributed by atoms with Crippen LogP contribution in [-0.2, 0) is 14.3 Å². The summed E-state index contributed by atoms with van der Waals surface area (Å²) >= 11 is 0. The molecule has 0 aliphatic heterocycles. The van der Waals surface area contributed by atoms with Gasteiger partial charge in [0.05, 0.1) is 25.7 Å². The Morgan fingerprint density at radius 2 is 1.84 bits per heavy atom. The van der Waals surface area contributed by atoms with Crippen molar-refractivity contribution in [2.24, 2.45) is 5.92 Å². The number of nitrogens with zero attached hydrogens (tertiary/aromatic N) is 3. The third-order valence-electron chi connectivity index (χ3n) is 5.60. The van der Waals surface area contributed by atoms with Crippen LogP contribution in [0.4, 0.5) is 0 Å². The van der Waals surface area contributed by atoms with E-state index in [9.17, 15) is 4.79 Å². The summed E-state index contributed by atoms with van der Waals surface area (Å²) in [6.07, 6.45) is 9.66. The molecule has 1 unspecified atom stereocenters. The molecule has 1 aromatic heterocycles. The Hall–Kier alpha value is -2.90. The minimum atomic E-state index is 0.197. The fraction of sp³-hybridized carbons (Fsp3) is 0.533. The number of hydrogen-bond acceptors (Lipinski definition) is 5. The van der Waals surface area contributed by atoms with E-state index in [0.29, 0.717) is 13.2 Å². The van der Waals surface area contributed by atoms with Crippen LogP contribution in [0.2, 0.25) is 0 Å². The van der Waals surface area contributed by atoms with Gasteiger partial charge in [-0.15, -0.1) is 0 Å². The van der Waals surface area contributed by atoms with Gasteiger partial charge in [0.15, 0.2) is 0 Å². The van der Waals surface area contributed by atoms with Crippen LogP contribution in [0.5, 0.6) is 0 Å².